The van der Waals surface area contributed by atoms with Gasteiger partial charge in [0.05, 0.1) is 5.69 Å². The van der Waals surface area contributed by atoms with E-state index in [2.05, 4.69) is 25.9 Å². The van der Waals surface area contributed by atoms with Crippen molar-refractivity contribution in [3.63, 3.8) is 0 Å². The summed E-state index contributed by atoms with van der Waals surface area (Å²) in [6.45, 7) is 2.01. The first-order valence-electron chi connectivity index (χ1n) is 8.49. The molecule has 1 aliphatic rings. The van der Waals surface area contributed by atoms with Crippen LogP contribution in [-0.4, -0.2) is 16.7 Å². The van der Waals surface area contributed by atoms with Crippen molar-refractivity contribution < 1.29 is 4.79 Å². The number of amides is 1. The van der Waals surface area contributed by atoms with Crippen LogP contribution in [-0.2, 0) is 4.79 Å². The van der Waals surface area contributed by atoms with Crippen molar-refractivity contribution in [3.8, 4) is 0 Å². The number of hydrogen-bond acceptors (Lipinski definition) is 3. The van der Waals surface area contributed by atoms with Gasteiger partial charge in [0.15, 0.2) is 0 Å². The molecule has 5 heteroatoms. The first kappa shape index (κ1) is 17.4. The highest BCUT2D eigenvalue weighted by Gasteiger charge is 2.32. The van der Waals surface area contributed by atoms with E-state index < -0.39 is 0 Å². The number of nitrogens with zero attached hydrogens (tertiary/aromatic N) is 3. The molecule has 2 aromatic carbocycles. The number of pyridine rings is 1. The van der Waals surface area contributed by atoms with Gasteiger partial charge in [-0.25, -0.2) is 4.99 Å². The number of carbonyl (C=O) groups is 1. The molecule has 27 heavy (non-hydrogen) atoms. The van der Waals surface area contributed by atoms with E-state index in [4.69, 9.17) is 0 Å². The Kier molecular flexibility index (Phi) is 4.69. The van der Waals surface area contributed by atoms with Crippen LogP contribution in [0.1, 0.15) is 16.7 Å². The first-order chi connectivity index (χ1) is 13.1. The van der Waals surface area contributed by atoms with E-state index in [0.29, 0.717) is 11.5 Å². The summed E-state index contributed by atoms with van der Waals surface area (Å²) >= 11 is 3.45. The van der Waals surface area contributed by atoms with Crippen LogP contribution in [0.5, 0.6) is 0 Å². The molecule has 3 aromatic rings. The van der Waals surface area contributed by atoms with Gasteiger partial charge in [-0.2, -0.15) is 0 Å². The minimum absolute atomic E-state index is 0.143. The van der Waals surface area contributed by atoms with Gasteiger partial charge >= 0.3 is 0 Å². The van der Waals surface area contributed by atoms with Gasteiger partial charge in [-0.15, -0.1) is 0 Å². The average Bonchev–Trinajstić information content (AvgIpc) is 2.99. The lowest BCUT2D eigenvalue weighted by Gasteiger charge is -2.19. The van der Waals surface area contributed by atoms with Gasteiger partial charge in [0.25, 0.3) is 5.91 Å². The summed E-state index contributed by atoms with van der Waals surface area (Å²) in [7, 11) is 0. The lowest BCUT2D eigenvalue weighted by molar-refractivity contribution is -0.113. The molecule has 0 aliphatic carbocycles. The maximum Gasteiger partial charge on any atom is 0.282 e. The Morgan fingerprint density at radius 1 is 1.00 bits per heavy atom. The average molecular weight is 418 g/mol. The highest BCUT2D eigenvalue weighted by Crippen LogP contribution is 2.28. The van der Waals surface area contributed by atoms with Crippen molar-refractivity contribution in [1.82, 2.24) is 4.98 Å². The Bertz CT molecular complexity index is 1060. The summed E-state index contributed by atoms with van der Waals surface area (Å²) in [5, 5.41) is 0. The smallest absolute Gasteiger partial charge is 0.266 e. The Morgan fingerprint density at radius 3 is 2.44 bits per heavy atom. The zero-order valence-corrected chi connectivity index (χ0v) is 16.2. The molecule has 0 N–H and O–H groups in total. The van der Waals surface area contributed by atoms with E-state index in [9.17, 15) is 4.79 Å². The minimum Gasteiger partial charge on any atom is -0.266 e. The van der Waals surface area contributed by atoms with Crippen molar-refractivity contribution in [2.75, 3.05) is 4.90 Å². The van der Waals surface area contributed by atoms with Crippen molar-refractivity contribution in [2.45, 2.75) is 6.92 Å². The number of aliphatic imine (C=N–C) groups is 1. The molecule has 0 spiro atoms. The quantitative estimate of drug-likeness (QED) is 0.563. The monoisotopic (exact) mass is 417 g/mol. The van der Waals surface area contributed by atoms with E-state index in [1.807, 2.05) is 67.6 Å². The SMILES string of the molecule is Cc1cccc(N2C(=O)/C(=C\c3ccncc3)N=C2c2ccc(Br)cc2)c1. The number of benzene rings is 2. The standard InChI is InChI=1S/C22H16BrN3O/c1-15-3-2-4-19(13-15)26-21(17-5-7-18(23)8-6-17)25-20(22(26)27)14-16-9-11-24-12-10-16/h2-14H,1H3/b20-14+. The Morgan fingerprint density at radius 2 is 1.74 bits per heavy atom. The van der Waals surface area contributed by atoms with Crippen LogP contribution in [0.2, 0.25) is 0 Å². The number of aryl methyl sites for hydroxylation is 1. The third-order valence-corrected chi connectivity index (χ3v) is 4.76. The number of anilines is 1. The largest absolute Gasteiger partial charge is 0.282 e. The van der Waals surface area contributed by atoms with Gasteiger partial charge in [-0.05, 0) is 60.5 Å². The van der Waals surface area contributed by atoms with Gasteiger partial charge in [0.1, 0.15) is 11.5 Å². The molecule has 1 aliphatic heterocycles. The summed E-state index contributed by atoms with van der Waals surface area (Å²) in [5.74, 6) is 0.480. The zero-order chi connectivity index (χ0) is 18.8. The van der Waals surface area contributed by atoms with Gasteiger partial charge in [-0.1, -0.05) is 40.2 Å². The summed E-state index contributed by atoms with van der Waals surface area (Å²) in [4.78, 5) is 23.5. The van der Waals surface area contributed by atoms with E-state index in [1.165, 1.54) is 0 Å². The summed E-state index contributed by atoms with van der Waals surface area (Å²) in [5.41, 5.74) is 4.06. The Balaban J connectivity index is 1.84. The lowest BCUT2D eigenvalue weighted by Crippen LogP contribution is -2.32. The van der Waals surface area contributed by atoms with Gasteiger partial charge in [0.2, 0.25) is 0 Å². The summed E-state index contributed by atoms with van der Waals surface area (Å²) in [6.07, 6.45) is 5.19. The number of carbonyl (C=O) groups excluding carboxylic acids is 1. The number of amidine groups is 1. The number of rotatable bonds is 3. The first-order valence-corrected chi connectivity index (χ1v) is 9.28. The minimum atomic E-state index is -0.143. The molecule has 0 saturated carbocycles. The number of halogens is 1. The van der Waals surface area contributed by atoms with Crippen molar-refractivity contribution in [1.29, 1.82) is 0 Å². The molecule has 0 saturated heterocycles. The van der Waals surface area contributed by atoms with Gasteiger partial charge in [0, 0.05) is 22.4 Å². The predicted molar refractivity (Wildman–Crippen MR) is 112 cm³/mol. The predicted octanol–water partition coefficient (Wildman–Crippen LogP) is 4.99. The molecule has 132 valence electrons. The maximum atomic E-state index is 13.2. The molecular weight excluding hydrogens is 402 g/mol. The second-order valence-electron chi connectivity index (χ2n) is 6.23. The van der Waals surface area contributed by atoms with Gasteiger partial charge in [-0.3, -0.25) is 14.7 Å². The molecule has 4 nitrogen and oxygen atoms in total. The molecule has 4 rings (SSSR count). The Hall–Kier alpha value is -3.05. The van der Waals surface area contributed by atoms with Crippen LogP contribution < -0.4 is 4.90 Å². The van der Waals surface area contributed by atoms with E-state index in [0.717, 1.165) is 26.9 Å². The van der Waals surface area contributed by atoms with Crippen LogP contribution in [0.4, 0.5) is 5.69 Å². The van der Waals surface area contributed by atoms with Crippen LogP contribution in [0.15, 0.2) is 88.2 Å². The van der Waals surface area contributed by atoms with Crippen LogP contribution >= 0.6 is 15.9 Å². The van der Waals surface area contributed by atoms with Crippen LogP contribution in [0, 0.1) is 6.92 Å². The highest BCUT2D eigenvalue weighted by atomic mass is 79.9. The highest BCUT2D eigenvalue weighted by molar-refractivity contribution is 9.10. The molecule has 0 atom stereocenters. The van der Waals surface area contributed by atoms with Crippen molar-refractivity contribution in [2.24, 2.45) is 4.99 Å². The fourth-order valence-electron chi connectivity index (χ4n) is 2.93. The fraction of sp³-hybridized carbons (Fsp3) is 0.0455. The maximum absolute atomic E-state index is 13.2. The van der Waals surface area contributed by atoms with Crippen molar-refractivity contribution in [3.05, 3.63) is 99.9 Å². The lowest BCUT2D eigenvalue weighted by atomic mass is 10.1. The molecule has 0 unspecified atom stereocenters. The number of aromatic nitrogens is 1. The molecule has 1 amide bonds. The third kappa shape index (κ3) is 3.59. The van der Waals surface area contributed by atoms with E-state index in [1.54, 1.807) is 23.4 Å². The third-order valence-electron chi connectivity index (χ3n) is 4.23. The zero-order valence-electron chi connectivity index (χ0n) is 14.6. The van der Waals surface area contributed by atoms with Gasteiger partial charge < -0.3 is 0 Å². The molecule has 0 bridgehead atoms. The summed E-state index contributed by atoms with van der Waals surface area (Å²) in [6, 6.07) is 19.4. The Labute approximate surface area is 166 Å². The van der Waals surface area contributed by atoms with Crippen molar-refractivity contribution >= 4 is 39.4 Å². The molecule has 0 fully saturated rings. The fourth-order valence-corrected chi connectivity index (χ4v) is 3.20. The molecular formula is C22H16BrN3O. The summed E-state index contributed by atoms with van der Waals surface area (Å²) < 4.78 is 0.978. The normalized spacial score (nSPS) is 15.3. The molecule has 1 aromatic heterocycles. The molecule has 2 heterocycles. The van der Waals surface area contributed by atoms with Crippen LogP contribution in [0.25, 0.3) is 6.08 Å². The van der Waals surface area contributed by atoms with E-state index >= 15 is 0 Å². The topological polar surface area (TPSA) is 45.6 Å². The number of hydrogen-bond donors (Lipinski definition) is 0. The van der Waals surface area contributed by atoms with E-state index in [-0.39, 0.29) is 5.91 Å². The molecule has 0 radical (unpaired) electrons. The second kappa shape index (κ2) is 7.29. The second-order valence-corrected chi connectivity index (χ2v) is 7.15. The van der Waals surface area contributed by atoms with Crippen LogP contribution in [0.3, 0.4) is 0 Å².